The molecule has 0 aliphatic rings. The Bertz CT molecular complexity index is 2010. The molecule has 0 amide bonds. The zero-order chi connectivity index (χ0) is 62.6. The van der Waals surface area contributed by atoms with Gasteiger partial charge in [-0.05, 0) is 122 Å². The van der Waals surface area contributed by atoms with Crippen LogP contribution in [0.4, 0.5) is 0 Å². The SMILES string of the molecule is CC/C=C\C/C=C\C/C=C\C/C=C\C/C=C\C/C=C\C/C=C\C/C=C\CCCCC(=O)OC(COC(=O)CCCCCCCCCCCCCCCCCCCCC/C=C\C/C=C\C/C=C\C/C=C\C/C=C\CC)COP(=O)(O)OCC[N+](C)(C)C. The molecule has 2 unspecified atom stereocenters. The van der Waals surface area contributed by atoms with Gasteiger partial charge in [-0.2, -0.15) is 0 Å². The third-order valence-electron chi connectivity index (χ3n) is 14.1. The second-order valence-electron chi connectivity index (χ2n) is 23.4. The predicted molar refractivity (Wildman–Crippen MR) is 371 cm³/mol. The van der Waals surface area contributed by atoms with E-state index in [0.717, 1.165) is 116 Å². The normalized spacial score (nSPS) is 14.2. The first-order valence-corrected chi connectivity index (χ1v) is 35.7. The van der Waals surface area contributed by atoms with Gasteiger partial charge in [-0.3, -0.25) is 18.6 Å². The third-order valence-corrected chi connectivity index (χ3v) is 15.0. The van der Waals surface area contributed by atoms with Crippen molar-refractivity contribution in [2.45, 2.75) is 264 Å². The van der Waals surface area contributed by atoms with Crippen molar-refractivity contribution in [3.63, 3.8) is 0 Å². The zero-order valence-electron chi connectivity index (χ0n) is 55.5. The van der Waals surface area contributed by atoms with E-state index in [-0.39, 0.29) is 32.0 Å². The molecule has 0 saturated carbocycles. The minimum atomic E-state index is -4.41. The molecule has 0 aliphatic heterocycles. The number of ether oxygens (including phenoxy) is 2. The molecular weight excluding hydrogens is 1090 g/mol. The van der Waals surface area contributed by atoms with Gasteiger partial charge in [-0.25, -0.2) is 4.57 Å². The molecule has 9 nitrogen and oxygen atoms in total. The summed E-state index contributed by atoms with van der Waals surface area (Å²) in [6.07, 6.45) is 97.8. The molecule has 2 atom stereocenters. The van der Waals surface area contributed by atoms with E-state index in [1.165, 1.54) is 109 Å². The van der Waals surface area contributed by atoms with E-state index in [9.17, 15) is 19.0 Å². The number of nitrogens with zero attached hydrogens (tertiary/aromatic N) is 1. The van der Waals surface area contributed by atoms with Crippen LogP contribution < -0.4 is 0 Å². The van der Waals surface area contributed by atoms with Crippen LogP contribution >= 0.6 is 7.82 Å². The van der Waals surface area contributed by atoms with E-state index in [0.29, 0.717) is 17.4 Å². The largest absolute Gasteiger partial charge is 0.472 e. The lowest BCUT2D eigenvalue weighted by molar-refractivity contribution is -0.870. The van der Waals surface area contributed by atoms with Gasteiger partial charge in [0.2, 0.25) is 0 Å². The number of rotatable bonds is 61. The lowest BCUT2D eigenvalue weighted by atomic mass is 10.0. The van der Waals surface area contributed by atoms with E-state index in [1.54, 1.807) is 0 Å². The van der Waals surface area contributed by atoms with Crippen LogP contribution in [-0.4, -0.2) is 74.9 Å². The van der Waals surface area contributed by atoms with Gasteiger partial charge in [-0.1, -0.05) is 281 Å². The molecule has 0 aromatic carbocycles. The summed E-state index contributed by atoms with van der Waals surface area (Å²) in [7, 11) is 1.43. The standard InChI is InChI=1S/C76H126NO8P/c1-6-8-10-12-14-16-18-20-22-24-26-28-30-32-34-35-36-37-38-39-40-41-43-44-46-48-50-52-54-56-58-60-62-64-66-68-75(78)82-72-74(73-84-86(80,81)83-71-70-77(3,4)5)85-76(79)69-67-65-63-61-59-57-55-53-51-49-47-45-42-33-31-29-27-25-23-21-19-17-15-13-11-9-7-2/h8-11,14-17,20-23,26-29,32-34,42,47,49,53,55,59,61,74H,6-7,12-13,18-19,24-25,30-31,35-41,43-46,48,50-52,54,56-58,60,62-73H2,1-5H3/p+1/b10-8-,11-9-,16-14-,17-15-,22-20-,23-21-,28-26-,29-27-,34-32-,42-33-,49-47-,55-53-,61-59-. The number of quaternary nitrogens is 1. The van der Waals surface area contributed by atoms with Crippen molar-refractivity contribution in [1.29, 1.82) is 0 Å². The Kier molecular flexibility index (Phi) is 61.8. The van der Waals surface area contributed by atoms with Crippen LogP contribution in [0, 0.1) is 0 Å². The summed E-state index contributed by atoms with van der Waals surface area (Å²) >= 11 is 0. The smallest absolute Gasteiger partial charge is 0.462 e. The summed E-state index contributed by atoms with van der Waals surface area (Å²) < 4.78 is 34.6. The molecule has 0 heterocycles. The highest BCUT2D eigenvalue weighted by molar-refractivity contribution is 7.47. The van der Waals surface area contributed by atoms with Crippen molar-refractivity contribution < 1.29 is 42.1 Å². The van der Waals surface area contributed by atoms with Crippen LogP contribution in [0.25, 0.3) is 0 Å². The quantitative estimate of drug-likeness (QED) is 0.0211. The van der Waals surface area contributed by atoms with Gasteiger partial charge in [0.15, 0.2) is 6.10 Å². The van der Waals surface area contributed by atoms with Gasteiger partial charge in [0, 0.05) is 12.8 Å². The number of phosphoric ester groups is 1. The molecular formula is C76H127NO8P+. The molecule has 0 saturated heterocycles. The van der Waals surface area contributed by atoms with Gasteiger partial charge in [0.05, 0.1) is 27.7 Å². The topological polar surface area (TPSA) is 108 Å². The second-order valence-corrected chi connectivity index (χ2v) is 24.9. The Balaban J connectivity index is 4.13. The highest BCUT2D eigenvalue weighted by Gasteiger charge is 2.27. The second kappa shape index (κ2) is 65.1. The first kappa shape index (κ1) is 81.6. The monoisotopic (exact) mass is 1210 g/mol. The fourth-order valence-corrected chi connectivity index (χ4v) is 9.62. The van der Waals surface area contributed by atoms with Crippen molar-refractivity contribution in [3.8, 4) is 0 Å². The van der Waals surface area contributed by atoms with Crippen LogP contribution in [-0.2, 0) is 32.7 Å². The molecule has 0 aliphatic carbocycles. The van der Waals surface area contributed by atoms with Gasteiger partial charge < -0.3 is 18.9 Å². The van der Waals surface area contributed by atoms with E-state index >= 15 is 0 Å². The molecule has 0 rings (SSSR count). The molecule has 1 N–H and O–H groups in total. The van der Waals surface area contributed by atoms with E-state index < -0.39 is 26.5 Å². The van der Waals surface area contributed by atoms with Crippen LogP contribution in [0.1, 0.15) is 258 Å². The highest BCUT2D eigenvalue weighted by Crippen LogP contribution is 2.43. The maximum atomic E-state index is 12.8. The van der Waals surface area contributed by atoms with Gasteiger partial charge in [0.25, 0.3) is 0 Å². The number of carbonyl (C=O) groups is 2. The number of hydrogen-bond donors (Lipinski definition) is 1. The van der Waals surface area contributed by atoms with Gasteiger partial charge in [-0.15, -0.1) is 0 Å². The molecule has 0 aromatic rings. The molecule has 10 heteroatoms. The Morgan fingerprint density at radius 3 is 0.953 bits per heavy atom. The fourth-order valence-electron chi connectivity index (χ4n) is 8.88. The molecule has 0 spiro atoms. The van der Waals surface area contributed by atoms with Crippen LogP contribution in [0.2, 0.25) is 0 Å². The first-order chi connectivity index (χ1) is 42.0. The van der Waals surface area contributed by atoms with Crippen LogP contribution in [0.15, 0.2) is 158 Å². The minimum Gasteiger partial charge on any atom is -0.462 e. The lowest BCUT2D eigenvalue weighted by Crippen LogP contribution is -2.37. The average Bonchev–Trinajstić information content (AvgIpc) is 3.53. The Labute approximate surface area is 528 Å². The van der Waals surface area contributed by atoms with Crippen molar-refractivity contribution in [2.24, 2.45) is 0 Å². The number of likely N-dealkylation sites (N-methyl/N-ethyl adjacent to an activating group) is 1. The first-order valence-electron chi connectivity index (χ1n) is 34.2. The third kappa shape index (κ3) is 68.7. The van der Waals surface area contributed by atoms with E-state index in [2.05, 4.69) is 172 Å². The number of phosphoric acid groups is 1. The number of unbranched alkanes of at least 4 members (excludes halogenated alkanes) is 21. The summed E-state index contributed by atoms with van der Waals surface area (Å²) in [6, 6.07) is 0. The lowest BCUT2D eigenvalue weighted by Gasteiger charge is -2.24. The molecule has 0 radical (unpaired) electrons. The van der Waals surface area contributed by atoms with Crippen molar-refractivity contribution in [3.05, 3.63) is 158 Å². The van der Waals surface area contributed by atoms with E-state index in [1.807, 2.05) is 21.1 Å². The summed E-state index contributed by atoms with van der Waals surface area (Å²) in [6.45, 7) is 4.15. The maximum Gasteiger partial charge on any atom is 0.472 e. The minimum absolute atomic E-state index is 0.0157. The molecule has 0 aromatic heterocycles. The van der Waals surface area contributed by atoms with Gasteiger partial charge >= 0.3 is 19.8 Å². The maximum absolute atomic E-state index is 12.8. The Morgan fingerprint density at radius 2 is 0.628 bits per heavy atom. The highest BCUT2D eigenvalue weighted by atomic mass is 31.2. The summed E-state index contributed by atoms with van der Waals surface area (Å²) in [5.41, 5.74) is 0. The van der Waals surface area contributed by atoms with E-state index in [4.69, 9.17) is 18.5 Å². The Hall–Kier alpha value is -4.37. The van der Waals surface area contributed by atoms with Crippen molar-refractivity contribution >= 4 is 19.8 Å². The predicted octanol–water partition coefficient (Wildman–Crippen LogP) is 22.4. The molecule has 488 valence electrons. The molecule has 0 fully saturated rings. The fraction of sp³-hybridized carbons (Fsp3) is 0.632. The number of allylic oxidation sites excluding steroid dienone is 26. The summed E-state index contributed by atoms with van der Waals surface area (Å²) in [5, 5.41) is 0. The Morgan fingerprint density at radius 1 is 0.360 bits per heavy atom. The summed E-state index contributed by atoms with van der Waals surface area (Å²) in [5.74, 6) is -0.853. The van der Waals surface area contributed by atoms with Crippen LogP contribution in [0.5, 0.6) is 0 Å². The van der Waals surface area contributed by atoms with Crippen molar-refractivity contribution in [2.75, 3.05) is 47.5 Å². The van der Waals surface area contributed by atoms with Crippen LogP contribution in [0.3, 0.4) is 0 Å². The zero-order valence-corrected chi connectivity index (χ0v) is 56.4. The number of esters is 2. The average molecular weight is 1210 g/mol. The summed E-state index contributed by atoms with van der Waals surface area (Å²) in [4.78, 5) is 35.8. The molecule has 0 bridgehead atoms. The number of carbonyl (C=O) groups excluding carboxylic acids is 2. The molecule has 86 heavy (non-hydrogen) atoms. The van der Waals surface area contributed by atoms with Crippen molar-refractivity contribution in [1.82, 2.24) is 0 Å². The number of hydrogen-bond acceptors (Lipinski definition) is 7. The van der Waals surface area contributed by atoms with Gasteiger partial charge in [0.1, 0.15) is 19.8 Å².